The molecular weight excluding hydrogens is 268 g/mol. The van der Waals surface area contributed by atoms with Crippen LogP contribution in [0.2, 0.25) is 0 Å². The molecule has 21 heavy (non-hydrogen) atoms. The van der Waals surface area contributed by atoms with E-state index in [0.29, 0.717) is 11.9 Å². The highest BCUT2D eigenvalue weighted by Gasteiger charge is 2.17. The summed E-state index contributed by atoms with van der Waals surface area (Å²) in [6.07, 6.45) is 1.54. The molecular formula is C15H16N4O2. The molecule has 0 bridgehead atoms. The lowest BCUT2D eigenvalue weighted by Crippen LogP contribution is -2.23. The molecule has 2 aromatic rings. The van der Waals surface area contributed by atoms with Crippen molar-refractivity contribution in [3.8, 4) is 6.07 Å². The normalized spacial score (nSPS) is 11.9. The number of hydrogen-bond acceptors (Lipinski definition) is 5. The molecule has 1 atom stereocenters. The van der Waals surface area contributed by atoms with Crippen LogP contribution in [0.5, 0.6) is 0 Å². The summed E-state index contributed by atoms with van der Waals surface area (Å²) in [6.45, 7) is 4.25. The first kappa shape index (κ1) is 14.7. The topological polar surface area (TPSA) is 83.1 Å². The lowest BCUT2D eigenvalue weighted by Gasteiger charge is -2.22. The van der Waals surface area contributed by atoms with E-state index in [2.05, 4.69) is 11.1 Å². The van der Waals surface area contributed by atoms with Crippen molar-refractivity contribution < 1.29 is 4.92 Å². The van der Waals surface area contributed by atoms with Crippen molar-refractivity contribution in [3.63, 3.8) is 0 Å². The van der Waals surface area contributed by atoms with Crippen LogP contribution in [-0.4, -0.2) is 23.5 Å². The number of nitriles is 1. The highest BCUT2D eigenvalue weighted by Crippen LogP contribution is 2.33. The van der Waals surface area contributed by atoms with E-state index in [-0.39, 0.29) is 11.6 Å². The second kappa shape index (κ2) is 5.75. The minimum atomic E-state index is -0.402. The van der Waals surface area contributed by atoms with Gasteiger partial charge in [-0.3, -0.25) is 15.1 Å². The largest absolute Gasteiger partial charge is 0.373 e. The molecule has 0 fully saturated rings. The zero-order valence-corrected chi connectivity index (χ0v) is 12.2. The summed E-state index contributed by atoms with van der Waals surface area (Å²) in [5.74, 6) is -0.122. The Morgan fingerprint density at radius 2 is 2.19 bits per heavy atom. The van der Waals surface area contributed by atoms with Gasteiger partial charge in [0.1, 0.15) is 0 Å². The Morgan fingerprint density at radius 1 is 1.48 bits per heavy atom. The molecule has 1 unspecified atom stereocenters. The number of pyridine rings is 1. The number of nitro groups is 1. The average molecular weight is 284 g/mol. The van der Waals surface area contributed by atoms with Gasteiger partial charge in [0.05, 0.1) is 22.3 Å². The SMILES string of the molecule is Cc1cc2c(N(C)CC(C)C#N)ccc([N+](=O)[O-])c2cn1. The molecule has 0 saturated carbocycles. The zero-order valence-electron chi connectivity index (χ0n) is 12.2. The zero-order chi connectivity index (χ0) is 15.6. The molecule has 0 aliphatic carbocycles. The van der Waals surface area contributed by atoms with Crippen molar-refractivity contribution in [1.82, 2.24) is 4.98 Å². The maximum absolute atomic E-state index is 11.1. The molecule has 6 nitrogen and oxygen atoms in total. The lowest BCUT2D eigenvalue weighted by atomic mass is 10.1. The number of rotatable bonds is 4. The Hall–Kier alpha value is -2.68. The number of hydrogen-bond donors (Lipinski definition) is 0. The molecule has 0 radical (unpaired) electrons. The van der Waals surface area contributed by atoms with E-state index in [4.69, 9.17) is 5.26 Å². The fraction of sp³-hybridized carbons (Fsp3) is 0.333. The second-order valence-corrected chi connectivity index (χ2v) is 5.14. The fourth-order valence-electron chi connectivity index (χ4n) is 2.36. The summed E-state index contributed by atoms with van der Waals surface area (Å²) < 4.78 is 0. The Morgan fingerprint density at radius 3 is 2.81 bits per heavy atom. The standard InChI is InChI=1S/C15H16N4O2/c1-10(7-16)9-18(3)14-4-5-15(19(20)21)13-8-17-11(2)6-12(13)14/h4-6,8,10H,9H2,1-3H3. The minimum absolute atomic E-state index is 0.0444. The van der Waals surface area contributed by atoms with Gasteiger partial charge >= 0.3 is 0 Å². The molecule has 6 heteroatoms. The van der Waals surface area contributed by atoms with Crippen LogP contribution < -0.4 is 4.90 Å². The van der Waals surface area contributed by atoms with Gasteiger partial charge in [-0.05, 0) is 26.0 Å². The van der Waals surface area contributed by atoms with Crippen molar-refractivity contribution in [2.75, 3.05) is 18.5 Å². The third-order valence-corrected chi connectivity index (χ3v) is 3.37. The van der Waals surface area contributed by atoms with Gasteiger partial charge in [0.15, 0.2) is 0 Å². The maximum atomic E-state index is 11.1. The van der Waals surface area contributed by atoms with Crippen LogP contribution in [0.4, 0.5) is 11.4 Å². The average Bonchev–Trinajstić information content (AvgIpc) is 2.45. The van der Waals surface area contributed by atoms with Crippen LogP contribution in [0.1, 0.15) is 12.6 Å². The smallest absolute Gasteiger partial charge is 0.278 e. The molecule has 0 saturated heterocycles. The molecule has 0 aliphatic heterocycles. The van der Waals surface area contributed by atoms with Crippen LogP contribution in [0.15, 0.2) is 24.4 Å². The van der Waals surface area contributed by atoms with Gasteiger partial charge in [0.25, 0.3) is 5.69 Å². The highest BCUT2D eigenvalue weighted by atomic mass is 16.6. The summed E-state index contributed by atoms with van der Waals surface area (Å²) in [4.78, 5) is 16.8. The fourth-order valence-corrected chi connectivity index (χ4v) is 2.36. The Kier molecular flexibility index (Phi) is 4.03. The van der Waals surface area contributed by atoms with Gasteiger partial charge in [-0.25, -0.2) is 0 Å². The van der Waals surface area contributed by atoms with E-state index in [1.165, 1.54) is 12.3 Å². The predicted octanol–water partition coefficient (Wildman–Crippen LogP) is 3.05. The third kappa shape index (κ3) is 2.92. The molecule has 2 rings (SSSR count). The summed E-state index contributed by atoms with van der Waals surface area (Å²) in [6, 6.07) is 7.25. The first-order valence-electron chi connectivity index (χ1n) is 6.58. The summed E-state index contributed by atoms with van der Waals surface area (Å²) in [5.41, 5.74) is 1.71. The molecule has 0 amide bonds. The predicted molar refractivity (Wildman–Crippen MR) is 81.2 cm³/mol. The van der Waals surface area contributed by atoms with E-state index in [9.17, 15) is 10.1 Å². The van der Waals surface area contributed by atoms with Gasteiger partial charge in [0, 0.05) is 42.6 Å². The number of non-ortho nitro benzene ring substituents is 1. The molecule has 1 heterocycles. The molecule has 108 valence electrons. The van der Waals surface area contributed by atoms with E-state index in [1.54, 1.807) is 6.07 Å². The van der Waals surface area contributed by atoms with Gasteiger partial charge in [-0.15, -0.1) is 0 Å². The number of anilines is 1. The molecule has 0 aliphatic rings. The number of nitro benzene ring substituents is 1. The monoisotopic (exact) mass is 284 g/mol. The third-order valence-electron chi connectivity index (χ3n) is 3.37. The first-order valence-corrected chi connectivity index (χ1v) is 6.58. The van der Waals surface area contributed by atoms with Crippen molar-refractivity contribution in [3.05, 3.63) is 40.2 Å². The quantitative estimate of drug-likeness (QED) is 0.636. The first-order chi connectivity index (χ1) is 9.93. The van der Waals surface area contributed by atoms with E-state index in [1.807, 2.05) is 31.9 Å². The Balaban J connectivity index is 2.60. The van der Waals surface area contributed by atoms with Gasteiger partial charge < -0.3 is 4.90 Å². The minimum Gasteiger partial charge on any atom is -0.373 e. The molecule has 0 N–H and O–H groups in total. The van der Waals surface area contributed by atoms with Crippen LogP contribution in [-0.2, 0) is 0 Å². The van der Waals surface area contributed by atoms with Crippen molar-refractivity contribution in [1.29, 1.82) is 5.26 Å². The van der Waals surface area contributed by atoms with Crippen molar-refractivity contribution >= 4 is 22.1 Å². The summed E-state index contributed by atoms with van der Waals surface area (Å²) in [5, 5.41) is 21.4. The van der Waals surface area contributed by atoms with E-state index in [0.717, 1.165) is 16.8 Å². The van der Waals surface area contributed by atoms with Crippen LogP contribution in [0.3, 0.4) is 0 Å². The second-order valence-electron chi connectivity index (χ2n) is 5.14. The highest BCUT2D eigenvalue weighted by molar-refractivity contribution is 5.99. The van der Waals surface area contributed by atoms with Gasteiger partial charge in [-0.2, -0.15) is 5.26 Å². The summed E-state index contributed by atoms with van der Waals surface area (Å²) in [7, 11) is 1.88. The van der Waals surface area contributed by atoms with E-state index < -0.39 is 4.92 Å². The number of fused-ring (bicyclic) bond motifs is 1. The number of aromatic nitrogens is 1. The van der Waals surface area contributed by atoms with Gasteiger partial charge in [0.2, 0.25) is 0 Å². The number of benzene rings is 1. The maximum Gasteiger partial charge on any atom is 0.278 e. The lowest BCUT2D eigenvalue weighted by molar-refractivity contribution is -0.383. The summed E-state index contributed by atoms with van der Waals surface area (Å²) >= 11 is 0. The number of aryl methyl sites for hydroxylation is 1. The van der Waals surface area contributed by atoms with Gasteiger partial charge in [-0.1, -0.05) is 0 Å². The van der Waals surface area contributed by atoms with E-state index >= 15 is 0 Å². The van der Waals surface area contributed by atoms with Crippen molar-refractivity contribution in [2.45, 2.75) is 13.8 Å². The Labute approximate surface area is 122 Å². The Bertz CT molecular complexity index is 736. The molecule has 0 spiro atoms. The number of nitrogens with zero attached hydrogens (tertiary/aromatic N) is 4. The van der Waals surface area contributed by atoms with Crippen molar-refractivity contribution in [2.24, 2.45) is 5.92 Å². The van der Waals surface area contributed by atoms with Crippen LogP contribution >= 0.6 is 0 Å². The molecule has 1 aromatic carbocycles. The van der Waals surface area contributed by atoms with Crippen LogP contribution in [0, 0.1) is 34.3 Å². The van der Waals surface area contributed by atoms with Crippen LogP contribution in [0.25, 0.3) is 10.8 Å². The molecule has 1 aromatic heterocycles.